The molecule has 8 nitrogen and oxygen atoms in total. The number of piperidine rings is 2. The molecule has 0 spiro atoms. The predicted octanol–water partition coefficient (Wildman–Crippen LogP) is 1.62. The zero-order valence-corrected chi connectivity index (χ0v) is 18.2. The topological polar surface area (TPSA) is 105 Å². The maximum absolute atomic E-state index is 12.8. The molecular weight excluding hydrogens is 404 g/mol. The van der Waals surface area contributed by atoms with E-state index in [1.165, 1.54) is 17.1 Å². The van der Waals surface area contributed by atoms with Crippen LogP contribution >= 0.6 is 12.4 Å². The highest BCUT2D eigenvalue weighted by molar-refractivity contribution is 7.89. The van der Waals surface area contributed by atoms with E-state index in [-0.39, 0.29) is 29.1 Å². The first-order valence-electron chi connectivity index (χ1n) is 9.81. The summed E-state index contributed by atoms with van der Waals surface area (Å²) in [4.78, 5) is 12.6. The van der Waals surface area contributed by atoms with Crippen molar-refractivity contribution in [3.8, 4) is 0 Å². The third kappa shape index (κ3) is 5.25. The van der Waals surface area contributed by atoms with E-state index in [1.54, 1.807) is 13.8 Å². The second kappa shape index (κ2) is 10.0. The second-order valence-corrected chi connectivity index (χ2v) is 9.50. The second-order valence-electron chi connectivity index (χ2n) is 7.62. The van der Waals surface area contributed by atoms with Gasteiger partial charge in [0.2, 0.25) is 15.9 Å². The molecular formula is C18H31ClN4O4S. The fourth-order valence-electron chi connectivity index (χ4n) is 4.04. The third-order valence-electron chi connectivity index (χ3n) is 5.64. The van der Waals surface area contributed by atoms with Crippen molar-refractivity contribution >= 4 is 28.3 Å². The van der Waals surface area contributed by atoms with Gasteiger partial charge < -0.3 is 15.2 Å². The highest BCUT2D eigenvalue weighted by atomic mass is 35.5. The Hall–Kier alpha value is -1.16. The van der Waals surface area contributed by atoms with Gasteiger partial charge in [-0.25, -0.2) is 8.42 Å². The van der Waals surface area contributed by atoms with Crippen LogP contribution in [0.3, 0.4) is 0 Å². The molecule has 160 valence electrons. The van der Waals surface area contributed by atoms with E-state index in [2.05, 4.69) is 15.8 Å². The summed E-state index contributed by atoms with van der Waals surface area (Å²) in [7, 11) is -3.62. The maximum atomic E-state index is 12.8. The van der Waals surface area contributed by atoms with Gasteiger partial charge in [-0.2, -0.15) is 4.31 Å². The molecule has 2 saturated heterocycles. The zero-order chi connectivity index (χ0) is 19.4. The van der Waals surface area contributed by atoms with Gasteiger partial charge in [-0.05, 0) is 65.0 Å². The number of hydrogen-bond acceptors (Lipinski definition) is 6. The molecule has 2 fully saturated rings. The molecule has 1 aromatic heterocycles. The Labute approximate surface area is 173 Å². The molecule has 0 aliphatic carbocycles. The Balaban J connectivity index is 0.00000280. The summed E-state index contributed by atoms with van der Waals surface area (Å²) in [6.45, 7) is 6.75. The summed E-state index contributed by atoms with van der Waals surface area (Å²) < 4.78 is 32.1. The number of halogens is 1. The number of aryl methyl sites for hydroxylation is 2. The van der Waals surface area contributed by atoms with Gasteiger partial charge >= 0.3 is 0 Å². The van der Waals surface area contributed by atoms with E-state index >= 15 is 0 Å². The van der Waals surface area contributed by atoms with Crippen molar-refractivity contribution in [2.75, 3.05) is 32.7 Å². The van der Waals surface area contributed by atoms with Gasteiger partial charge in [-0.3, -0.25) is 4.79 Å². The third-order valence-corrected chi connectivity index (χ3v) is 7.78. The number of rotatable bonds is 6. The lowest BCUT2D eigenvalue weighted by molar-refractivity contribution is -0.126. The van der Waals surface area contributed by atoms with Gasteiger partial charge in [0.1, 0.15) is 10.6 Å². The normalized spacial score (nSPS) is 21.9. The van der Waals surface area contributed by atoms with Gasteiger partial charge in [0.05, 0.1) is 0 Å². The standard InChI is InChI=1S/C18H30N4O4S.ClH/c1-13-17(14(2)26-21-13)27(24,25)22-10-6-16(7-11-22)18(23)20-9-5-15-4-3-8-19-12-15;/h15-16,19H,3-12H2,1-2H3,(H,20,23);1H. The monoisotopic (exact) mass is 434 g/mol. The van der Waals surface area contributed by atoms with E-state index < -0.39 is 10.0 Å². The summed E-state index contributed by atoms with van der Waals surface area (Å²) >= 11 is 0. The molecule has 3 rings (SSSR count). The highest BCUT2D eigenvalue weighted by Gasteiger charge is 2.35. The van der Waals surface area contributed by atoms with E-state index in [9.17, 15) is 13.2 Å². The van der Waals surface area contributed by atoms with Gasteiger partial charge in [0.25, 0.3) is 0 Å². The van der Waals surface area contributed by atoms with Crippen LogP contribution in [0.25, 0.3) is 0 Å². The minimum atomic E-state index is -3.62. The zero-order valence-electron chi connectivity index (χ0n) is 16.6. The minimum absolute atomic E-state index is 0. The van der Waals surface area contributed by atoms with Gasteiger partial charge in [0.15, 0.2) is 5.76 Å². The largest absolute Gasteiger partial charge is 0.360 e. The van der Waals surface area contributed by atoms with Crippen LogP contribution in [0.1, 0.15) is 43.6 Å². The maximum Gasteiger partial charge on any atom is 0.248 e. The molecule has 0 saturated carbocycles. The quantitative estimate of drug-likeness (QED) is 0.704. The molecule has 1 aromatic rings. The summed E-state index contributed by atoms with van der Waals surface area (Å²) in [6.07, 6.45) is 4.51. The van der Waals surface area contributed by atoms with Crippen molar-refractivity contribution in [2.45, 2.75) is 50.8 Å². The molecule has 2 N–H and O–H groups in total. The van der Waals surface area contributed by atoms with Gasteiger partial charge in [-0.1, -0.05) is 5.16 Å². The number of carbonyl (C=O) groups excluding carboxylic acids is 1. The van der Waals surface area contributed by atoms with Gasteiger partial charge in [0, 0.05) is 25.6 Å². The molecule has 1 amide bonds. The number of aromatic nitrogens is 1. The van der Waals surface area contributed by atoms with Crippen LogP contribution in [0.5, 0.6) is 0 Å². The Morgan fingerprint density at radius 3 is 2.57 bits per heavy atom. The van der Waals surface area contributed by atoms with Crippen LogP contribution in [0.15, 0.2) is 9.42 Å². The number of hydrogen-bond donors (Lipinski definition) is 2. The number of amides is 1. The molecule has 2 aliphatic rings. The van der Waals surface area contributed by atoms with Crippen molar-refractivity contribution in [1.29, 1.82) is 0 Å². The van der Waals surface area contributed by atoms with E-state index in [4.69, 9.17) is 4.52 Å². The minimum Gasteiger partial charge on any atom is -0.360 e. The lowest BCUT2D eigenvalue weighted by atomic mass is 9.95. The van der Waals surface area contributed by atoms with Crippen molar-refractivity contribution in [1.82, 2.24) is 20.1 Å². The lowest BCUT2D eigenvalue weighted by Crippen LogP contribution is -2.43. The summed E-state index contributed by atoms with van der Waals surface area (Å²) in [5.41, 5.74) is 0.379. The SMILES string of the molecule is Cc1noc(C)c1S(=O)(=O)N1CCC(C(=O)NCCC2CCCNC2)CC1.Cl. The molecule has 0 aromatic carbocycles. The highest BCUT2D eigenvalue weighted by Crippen LogP contribution is 2.27. The average Bonchev–Trinajstić information content (AvgIpc) is 3.01. The Morgan fingerprint density at radius 2 is 2.00 bits per heavy atom. The number of nitrogens with zero attached hydrogens (tertiary/aromatic N) is 2. The van der Waals surface area contributed by atoms with Crippen LogP contribution in [-0.2, 0) is 14.8 Å². The van der Waals surface area contributed by atoms with Crippen molar-refractivity contribution in [2.24, 2.45) is 11.8 Å². The Kier molecular flexibility index (Phi) is 8.30. The van der Waals surface area contributed by atoms with Crippen molar-refractivity contribution in [3.05, 3.63) is 11.5 Å². The molecule has 0 bridgehead atoms. The molecule has 0 radical (unpaired) electrons. The fourth-order valence-corrected chi connectivity index (χ4v) is 5.81. The van der Waals surface area contributed by atoms with Crippen LogP contribution in [0, 0.1) is 25.7 Å². The fraction of sp³-hybridized carbons (Fsp3) is 0.778. The molecule has 2 aliphatic heterocycles. The van der Waals surface area contributed by atoms with E-state index in [1.807, 2.05) is 0 Å². The van der Waals surface area contributed by atoms with Crippen LogP contribution in [0.4, 0.5) is 0 Å². The van der Waals surface area contributed by atoms with E-state index in [0.717, 1.165) is 19.5 Å². The van der Waals surface area contributed by atoms with Crippen LogP contribution in [-0.4, -0.2) is 56.5 Å². The molecule has 1 unspecified atom stereocenters. The first-order valence-corrected chi connectivity index (χ1v) is 11.2. The molecule has 28 heavy (non-hydrogen) atoms. The van der Waals surface area contributed by atoms with Gasteiger partial charge in [-0.15, -0.1) is 12.4 Å². The lowest BCUT2D eigenvalue weighted by Gasteiger charge is -2.30. The van der Waals surface area contributed by atoms with Crippen molar-refractivity contribution < 1.29 is 17.7 Å². The van der Waals surface area contributed by atoms with Crippen LogP contribution in [0.2, 0.25) is 0 Å². The average molecular weight is 435 g/mol. The summed E-state index contributed by atoms with van der Waals surface area (Å²) in [5.74, 6) is 0.879. The van der Waals surface area contributed by atoms with Crippen molar-refractivity contribution in [3.63, 3.8) is 0 Å². The number of nitrogens with one attached hydrogen (secondary N) is 2. The first-order chi connectivity index (χ1) is 12.9. The first kappa shape index (κ1) is 23.1. The number of sulfonamides is 1. The molecule has 1 atom stereocenters. The molecule has 3 heterocycles. The van der Waals surface area contributed by atoms with E-state index in [0.29, 0.717) is 49.8 Å². The molecule has 10 heteroatoms. The van der Waals surface area contributed by atoms with Crippen LogP contribution < -0.4 is 10.6 Å². The smallest absolute Gasteiger partial charge is 0.248 e. The summed E-state index contributed by atoms with van der Waals surface area (Å²) in [5, 5.41) is 10.2. The Morgan fingerprint density at radius 1 is 1.29 bits per heavy atom. The predicted molar refractivity (Wildman–Crippen MR) is 108 cm³/mol. The summed E-state index contributed by atoms with van der Waals surface area (Å²) in [6, 6.07) is 0. The Bertz CT molecular complexity index is 734. The number of carbonyl (C=O) groups is 1.